The van der Waals surface area contributed by atoms with Crippen LogP contribution >= 0.6 is 0 Å². The lowest BCUT2D eigenvalue weighted by molar-refractivity contribution is 0.0740. The molecule has 1 aromatic rings. The molecule has 0 bridgehead atoms. The number of piperidine rings is 1. The lowest BCUT2D eigenvalue weighted by atomic mass is 9.94. The highest BCUT2D eigenvalue weighted by Crippen LogP contribution is 2.19. The van der Waals surface area contributed by atoms with Gasteiger partial charge in [0.15, 0.2) is 0 Å². The number of nitrogens with zero attached hydrogens (tertiary/aromatic N) is 1. The van der Waals surface area contributed by atoms with Crippen LogP contribution in [0.15, 0.2) is 18.2 Å². The number of urea groups is 1. The fourth-order valence-corrected chi connectivity index (χ4v) is 2.94. The quantitative estimate of drug-likeness (QED) is 0.898. The van der Waals surface area contributed by atoms with Crippen molar-refractivity contribution in [1.29, 1.82) is 0 Å². The molecular weight excluding hydrogens is 283 g/mol. The van der Waals surface area contributed by atoms with Crippen LogP contribution in [-0.2, 0) is 6.42 Å². The molecule has 0 aliphatic carbocycles. The third-order valence-corrected chi connectivity index (χ3v) is 4.40. The molecule has 1 aliphatic heterocycles. The van der Waals surface area contributed by atoms with Crippen LogP contribution in [0, 0.1) is 18.7 Å². The number of hydrogen-bond donors (Lipinski definition) is 2. The fraction of sp³-hybridized carbons (Fsp3) is 0.588. The molecule has 2 unspecified atom stereocenters. The van der Waals surface area contributed by atoms with Crippen molar-refractivity contribution in [2.45, 2.75) is 39.2 Å². The third kappa shape index (κ3) is 4.44. The summed E-state index contributed by atoms with van der Waals surface area (Å²) in [5.41, 5.74) is 1.95. The lowest BCUT2D eigenvalue weighted by Gasteiger charge is -2.34. The van der Waals surface area contributed by atoms with E-state index >= 15 is 0 Å². The third-order valence-electron chi connectivity index (χ3n) is 4.40. The molecule has 1 heterocycles. The van der Waals surface area contributed by atoms with Gasteiger partial charge in [-0.1, -0.05) is 6.07 Å². The van der Waals surface area contributed by atoms with Crippen molar-refractivity contribution in [3.8, 4) is 0 Å². The van der Waals surface area contributed by atoms with E-state index in [1.54, 1.807) is 17.9 Å². The number of likely N-dealkylation sites (tertiary alicyclic amines) is 1. The van der Waals surface area contributed by atoms with Crippen LogP contribution in [0.2, 0.25) is 0 Å². The van der Waals surface area contributed by atoms with Gasteiger partial charge < -0.3 is 15.3 Å². The predicted molar refractivity (Wildman–Crippen MR) is 84.2 cm³/mol. The molecule has 122 valence electrons. The largest absolute Gasteiger partial charge is 0.393 e. The minimum atomic E-state index is -0.377. The summed E-state index contributed by atoms with van der Waals surface area (Å²) in [5, 5.41) is 12.6. The summed E-state index contributed by atoms with van der Waals surface area (Å²) >= 11 is 0. The number of aliphatic hydroxyl groups excluding tert-OH is 1. The van der Waals surface area contributed by atoms with E-state index in [2.05, 4.69) is 5.32 Å². The van der Waals surface area contributed by atoms with Gasteiger partial charge in [0.05, 0.1) is 6.10 Å². The zero-order chi connectivity index (χ0) is 16.1. The lowest BCUT2D eigenvalue weighted by Crippen LogP contribution is -2.47. The second kappa shape index (κ2) is 7.58. The van der Waals surface area contributed by atoms with E-state index in [-0.39, 0.29) is 23.9 Å². The standard InChI is InChI=1S/C17H25FN2O2/c1-12-10-16(18)6-5-14(12)7-8-19-17(22)20-9-3-4-15(11-20)13(2)21/h5-6,10,13,15,21H,3-4,7-9,11H2,1-2H3,(H,19,22). The first kappa shape index (κ1) is 16.7. The van der Waals surface area contributed by atoms with Crippen LogP contribution in [0.4, 0.5) is 9.18 Å². The number of rotatable bonds is 4. The summed E-state index contributed by atoms with van der Waals surface area (Å²) in [7, 11) is 0. The number of aliphatic hydroxyl groups is 1. The van der Waals surface area contributed by atoms with Gasteiger partial charge in [0.1, 0.15) is 5.82 Å². The Bertz CT molecular complexity index is 519. The van der Waals surface area contributed by atoms with Crippen molar-refractivity contribution in [1.82, 2.24) is 10.2 Å². The van der Waals surface area contributed by atoms with E-state index in [1.807, 2.05) is 6.92 Å². The van der Waals surface area contributed by atoms with Gasteiger partial charge in [0.2, 0.25) is 0 Å². The van der Waals surface area contributed by atoms with Crippen molar-refractivity contribution >= 4 is 6.03 Å². The smallest absolute Gasteiger partial charge is 0.317 e. The summed E-state index contributed by atoms with van der Waals surface area (Å²) in [6.45, 7) is 5.53. The molecule has 0 aromatic heterocycles. The Morgan fingerprint density at radius 1 is 1.55 bits per heavy atom. The van der Waals surface area contributed by atoms with Crippen LogP contribution in [0.1, 0.15) is 30.9 Å². The van der Waals surface area contributed by atoms with Crippen molar-refractivity contribution in [2.75, 3.05) is 19.6 Å². The molecule has 2 amide bonds. The molecule has 4 nitrogen and oxygen atoms in total. The fourth-order valence-electron chi connectivity index (χ4n) is 2.94. The topological polar surface area (TPSA) is 52.6 Å². The highest BCUT2D eigenvalue weighted by molar-refractivity contribution is 5.74. The second-order valence-corrected chi connectivity index (χ2v) is 6.14. The maximum atomic E-state index is 13.0. The van der Waals surface area contributed by atoms with E-state index in [0.717, 1.165) is 30.5 Å². The average molecular weight is 308 g/mol. The molecule has 2 rings (SSSR count). The van der Waals surface area contributed by atoms with Crippen molar-refractivity contribution < 1.29 is 14.3 Å². The maximum absolute atomic E-state index is 13.0. The van der Waals surface area contributed by atoms with E-state index in [4.69, 9.17) is 0 Å². The molecule has 1 saturated heterocycles. The van der Waals surface area contributed by atoms with Crippen LogP contribution in [0.25, 0.3) is 0 Å². The highest BCUT2D eigenvalue weighted by Gasteiger charge is 2.26. The normalized spacial score (nSPS) is 19.8. The van der Waals surface area contributed by atoms with E-state index in [0.29, 0.717) is 19.5 Å². The maximum Gasteiger partial charge on any atom is 0.317 e. The number of halogens is 1. The van der Waals surface area contributed by atoms with Gasteiger partial charge in [-0.05, 0) is 56.4 Å². The Balaban J connectivity index is 1.80. The van der Waals surface area contributed by atoms with Crippen molar-refractivity contribution in [3.05, 3.63) is 35.1 Å². The van der Waals surface area contributed by atoms with E-state index < -0.39 is 0 Å². The SMILES string of the molecule is Cc1cc(F)ccc1CCNC(=O)N1CCCC(C(C)O)C1. The average Bonchev–Trinajstić information content (AvgIpc) is 2.49. The highest BCUT2D eigenvalue weighted by atomic mass is 19.1. The summed E-state index contributed by atoms with van der Waals surface area (Å²) < 4.78 is 13.0. The van der Waals surface area contributed by atoms with Crippen molar-refractivity contribution in [3.63, 3.8) is 0 Å². The number of carbonyl (C=O) groups excluding carboxylic acids is 1. The molecule has 1 fully saturated rings. The number of hydrogen-bond acceptors (Lipinski definition) is 2. The first-order valence-corrected chi connectivity index (χ1v) is 7.93. The molecule has 0 radical (unpaired) electrons. The summed E-state index contributed by atoms with van der Waals surface area (Å²) in [6.07, 6.45) is 2.21. The number of nitrogens with one attached hydrogen (secondary N) is 1. The van der Waals surface area contributed by atoms with Crippen LogP contribution in [-0.4, -0.2) is 41.8 Å². The van der Waals surface area contributed by atoms with E-state index in [9.17, 15) is 14.3 Å². The second-order valence-electron chi connectivity index (χ2n) is 6.14. The molecule has 0 saturated carbocycles. The minimum absolute atomic E-state index is 0.0786. The minimum Gasteiger partial charge on any atom is -0.393 e. The summed E-state index contributed by atoms with van der Waals surface area (Å²) in [5.74, 6) is -0.0680. The van der Waals surface area contributed by atoms with Gasteiger partial charge in [0, 0.05) is 25.6 Å². The number of aryl methyl sites for hydroxylation is 1. The van der Waals surface area contributed by atoms with Crippen molar-refractivity contribution in [2.24, 2.45) is 5.92 Å². The zero-order valence-electron chi connectivity index (χ0n) is 13.3. The Kier molecular flexibility index (Phi) is 5.77. The van der Waals surface area contributed by atoms with Crippen LogP contribution in [0.3, 0.4) is 0 Å². The summed E-state index contributed by atoms with van der Waals surface area (Å²) in [6, 6.07) is 4.64. The van der Waals surface area contributed by atoms with Gasteiger partial charge in [-0.15, -0.1) is 0 Å². The Hall–Kier alpha value is -1.62. The van der Waals surface area contributed by atoms with E-state index in [1.165, 1.54) is 12.1 Å². The van der Waals surface area contributed by atoms with Crippen LogP contribution in [0.5, 0.6) is 0 Å². The monoisotopic (exact) mass is 308 g/mol. The molecule has 2 atom stereocenters. The van der Waals surface area contributed by atoms with Gasteiger partial charge in [0.25, 0.3) is 0 Å². The first-order valence-electron chi connectivity index (χ1n) is 7.93. The molecule has 1 aliphatic rings. The Morgan fingerprint density at radius 3 is 3.00 bits per heavy atom. The molecule has 2 N–H and O–H groups in total. The van der Waals surface area contributed by atoms with Crippen LogP contribution < -0.4 is 5.32 Å². The molecule has 1 aromatic carbocycles. The number of carbonyl (C=O) groups is 1. The Morgan fingerprint density at radius 2 is 2.32 bits per heavy atom. The Labute approximate surface area is 131 Å². The predicted octanol–water partition coefficient (Wildman–Crippen LogP) is 2.48. The summed E-state index contributed by atoms with van der Waals surface area (Å²) in [4.78, 5) is 13.9. The van der Waals surface area contributed by atoms with Gasteiger partial charge in [-0.25, -0.2) is 9.18 Å². The first-order chi connectivity index (χ1) is 10.5. The zero-order valence-corrected chi connectivity index (χ0v) is 13.3. The number of benzene rings is 1. The molecule has 0 spiro atoms. The van der Waals surface area contributed by atoms with Gasteiger partial charge >= 0.3 is 6.03 Å². The van der Waals surface area contributed by atoms with Gasteiger partial charge in [-0.2, -0.15) is 0 Å². The number of amides is 2. The molecular formula is C17H25FN2O2. The molecule has 5 heteroatoms. The van der Waals surface area contributed by atoms with Gasteiger partial charge in [-0.3, -0.25) is 0 Å². The molecule has 22 heavy (non-hydrogen) atoms.